The number of hydrogen-bond donors (Lipinski definition) is 1. The maximum Gasteiger partial charge on any atom is 0.0315 e. The van der Waals surface area contributed by atoms with Crippen molar-refractivity contribution in [2.75, 3.05) is 11.5 Å². The summed E-state index contributed by atoms with van der Waals surface area (Å²) < 4.78 is 0. The Balaban J connectivity index is 1.78. The second-order valence-corrected chi connectivity index (χ2v) is 8.09. The number of hydrogen-bond acceptors (Lipinski definition) is 3. The summed E-state index contributed by atoms with van der Waals surface area (Å²) in [5, 5.41) is 1.47. The molecule has 0 bridgehead atoms. The Hall–Kier alpha value is 0.660. The lowest BCUT2D eigenvalue weighted by molar-refractivity contribution is 0.314. The zero-order valence-electron chi connectivity index (χ0n) is 10.4. The Kier molecular flexibility index (Phi) is 5.37. The largest absolute Gasteiger partial charge is 0.327 e. The van der Waals surface area contributed by atoms with E-state index in [1.165, 1.54) is 50.0 Å². The first kappa shape index (κ1) is 13.1. The smallest absolute Gasteiger partial charge is 0.0315 e. The molecule has 1 saturated carbocycles. The monoisotopic (exact) mass is 259 g/mol. The molecule has 0 spiro atoms. The van der Waals surface area contributed by atoms with Crippen LogP contribution < -0.4 is 5.73 Å². The molecule has 0 aromatic heterocycles. The lowest BCUT2D eigenvalue weighted by Crippen LogP contribution is -2.42. The first-order valence-corrected chi connectivity index (χ1v) is 8.86. The predicted molar refractivity (Wildman–Crippen MR) is 77.3 cm³/mol. The van der Waals surface area contributed by atoms with Crippen LogP contribution in [0.1, 0.15) is 45.4 Å². The van der Waals surface area contributed by atoms with Gasteiger partial charge in [0, 0.05) is 28.0 Å². The van der Waals surface area contributed by atoms with E-state index < -0.39 is 0 Å². The number of rotatable bonds is 3. The molecule has 3 heteroatoms. The number of nitrogens with two attached hydrogens (primary N) is 1. The quantitative estimate of drug-likeness (QED) is 0.840. The summed E-state index contributed by atoms with van der Waals surface area (Å²) in [6, 6.07) is 0.441. The molecule has 1 saturated heterocycles. The summed E-state index contributed by atoms with van der Waals surface area (Å²) in [4.78, 5) is 0. The highest BCUT2D eigenvalue weighted by atomic mass is 32.2. The molecule has 94 valence electrons. The second kappa shape index (κ2) is 6.55. The maximum absolute atomic E-state index is 6.44. The molecule has 1 heterocycles. The van der Waals surface area contributed by atoms with E-state index in [0.29, 0.717) is 11.3 Å². The molecule has 0 amide bonds. The van der Waals surface area contributed by atoms with Crippen molar-refractivity contribution in [2.45, 2.75) is 62.0 Å². The normalized spacial score (nSPS) is 34.9. The highest BCUT2D eigenvalue weighted by Crippen LogP contribution is 2.36. The summed E-state index contributed by atoms with van der Waals surface area (Å²) in [5.41, 5.74) is 6.44. The lowest BCUT2D eigenvalue weighted by Gasteiger charge is -2.35. The third kappa shape index (κ3) is 3.58. The minimum Gasteiger partial charge on any atom is -0.327 e. The first-order valence-electron chi connectivity index (χ1n) is 6.76. The zero-order valence-corrected chi connectivity index (χ0v) is 12.0. The second-order valence-electron chi connectivity index (χ2n) is 5.31. The molecule has 1 aliphatic heterocycles. The minimum absolute atomic E-state index is 0.441. The standard InChI is InChI=1S/C13H25NS2/c1-10-13(16-8-7-15-10)12(14)9-11-5-3-2-4-6-11/h10-13H,2-9,14H2,1H3. The van der Waals surface area contributed by atoms with E-state index in [-0.39, 0.29) is 0 Å². The molecule has 2 fully saturated rings. The zero-order chi connectivity index (χ0) is 11.4. The molecule has 2 rings (SSSR count). The SMILES string of the molecule is CC1SCCSC1C(N)CC1CCCCC1. The molecule has 3 unspecified atom stereocenters. The van der Waals surface area contributed by atoms with Gasteiger partial charge >= 0.3 is 0 Å². The van der Waals surface area contributed by atoms with Crippen molar-refractivity contribution >= 4 is 23.5 Å². The summed E-state index contributed by atoms with van der Waals surface area (Å²) >= 11 is 4.24. The van der Waals surface area contributed by atoms with E-state index in [1.807, 2.05) is 0 Å². The van der Waals surface area contributed by atoms with Crippen molar-refractivity contribution in [3.8, 4) is 0 Å². The molecule has 2 aliphatic rings. The van der Waals surface area contributed by atoms with E-state index in [1.54, 1.807) is 0 Å². The van der Waals surface area contributed by atoms with Crippen molar-refractivity contribution in [3.05, 3.63) is 0 Å². The molecule has 1 aliphatic carbocycles. The summed E-state index contributed by atoms with van der Waals surface area (Å²) in [6.07, 6.45) is 8.50. The molecule has 16 heavy (non-hydrogen) atoms. The topological polar surface area (TPSA) is 26.0 Å². The molecule has 1 nitrogen and oxygen atoms in total. The van der Waals surface area contributed by atoms with Gasteiger partial charge in [-0.25, -0.2) is 0 Å². The van der Waals surface area contributed by atoms with E-state index in [2.05, 4.69) is 30.4 Å². The van der Waals surface area contributed by atoms with Crippen LogP contribution in [0.25, 0.3) is 0 Å². The van der Waals surface area contributed by atoms with Crippen molar-refractivity contribution in [1.82, 2.24) is 0 Å². The lowest BCUT2D eigenvalue weighted by atomic mass is 9.84. The van der Waals surface area contributed by atoms with E-state index >= 15 is 0 Å². The van der Waals surface area contributed by atoms with Crippen molar-refractivity contribution in [3.63, 3.8) is 0 Å². The van der Waals surface area contributed by atoms with Gasteiger partial charge in [-0.1, -0.05) is 39.0 Å². The van der Waals surface area contributed by atoms with Gasteiger partial charge in [-0.3, -0.25) is 0 Å². The van der Waals surface area contributed by atoms with Gasteiger partial charge in [-0.2, -0.15) is 23.5 Å². The van der Waals surface area contributed by atoms with Crippen molar-refractivity contribution in [1.29, 1.82) is 0 Å². The van der Waals surface area contributed by atoms with Crippen LogP contribution in [0.2, 0.25) is 0 Å². The van der Waals surface area contributed by atoms with Crippen LogP contribution in [0.15, 0.2) is 0 Å². The molecule has 0 aromatic carbocycles. The Labute approximate surface area is 109 Å². The van der Waals surface area contributed by atoms with Gasteiger partial charge in [0.2, 0.25) is 0 Å². The highest BCUT2D eigenvalue weighted by molar-refractivity contribution is 8.07. The van der Waals surface area contributed by atoms with Gasteiger partial charge in [0.05, 0.1) is 0 Å². The molecule has 2 N–H and O–H groups in total. The molecule has 3 atom stereocenters. The molecular weight excluding hydrogens is 234 g/mol. The van der Waals surface area contributed by atoms with Crippen LogP contribution in [0.3, 0.4) is 0 Å². The fourth-order valence-corrected chi connectivity index (χ4v) is 5.97. The predicted octanol–water partition coefficient (Wildman–Crippen LogP) is 3.52. The molecule has 0 radical (unpaired) electrons. The van der Waals surface area contributed by atoms with Gasteiger partial charge in [-0.15, -0.1) is 0 Å². The van der Waals surface area contributed by atoms with Crippen molar-refractivity contribution < 1.29 is 0 Å². The average molecular weight is 259 g/mol. The van der Waals surface area contributed by atoms with Crippen LogP contribution in [-0.2, 0) is 0 Å². The van der Waals surface area contributed by atoms with Gasteiger partial charge in [0.1, 0.15) is 0 Å². The Morgan fingerprint density at radius 1 is 1.12 bits per heavy atom. The first-order chi connectivity index (χ1) is 7.77. The highest BCUT2D eigenvalue weighted by Gasteiger charge is 2.29. The molecule has 0 aromatic rings. The maximum atomic E-state index is 6.44. The number of thioether (sulfide) groups is 2. The Morgan fingerprint density at radius 2 is 1.81 bits per heavy atom. The van der Waals surface area contributed by atoms with Crippen molar-refractivity contribution in [2.24, 2.45) is 11.7 Å². The van der Waals surface area contributed by atoms with Crippen LogP contribution in [-0.4, -0.2) is 28.0 Å². The summed E-state index contributed by atoms with van der Waals surface area (Å²) in [6.45, 7) is 2.36. The average Bonchev–Trinajstić information content (AvgIpc) is 2.31. The van der Waals surface area contributed by atoms with Crippen LogP contribution >= 0.6 is 23.5 Å². The minimum atomic E-state index is 0.441. The van der Waals surface area contributed by atoms with Gasteiger partial charge < -0.3 is 5.73 Å². The third-order valence-corrected chi connectivity index (χ3v) is 7.26. The van der Waals surface area contributed by atoms with E-state index in [9.17, 15) is 0 Å². The van der Waals surface area contributed by atoms with E-state index in [4.69, 9.17) is 5.73 Å². The third-order valence-electron chi connectivity index (χ3n) is 3.99. The molecular formula is C13H25NS2. The van der Waals surface area contributed by atoms with Gasteiger partial charge in [0.15, 0.2) is 0 Å². The summed E-state index contributed by atoms with van der Waals surface area (Å²) in [5.74, 6) is 3.56. The van der Waals surface area contributed by atoms with Crippen LogP contribution in [0.4, 0.5) is 0 Å². The Bertz CT molecular complexity index is 204. The fraction of sp³-hybridized carbons (Fsp3) is 1.00. The van der Waals surface area contributed by atoms with Crippen LogP contribution in [0, 0.1) is 5.92 Å². The van der Waals surface area contributed by atoms with Crippen LogP contribution in [0.5, 0.6) is 0 Å². The van der Waals surface area contributed by atoms with Gasteiger partial charge in [0.25, 0.3) is 0 Å². The van der Waals surface area contributed by atoms with E-state index in [0.717, 1.165) is 11.2 Å². The van der Waals surface area contributed by atoms with Gasteiger partial charge in [-0.05, 0) is 12.3 Å². The summed E-state index contributed by atoms with van der Waals surface area (Å²) in [7, 11) is 0. The fourth-order valence-electron chi connectivity index (χ4n) is 3.06. The Morgan fingerprint density at radius 3 is 2.50 bits per heavy atom.